The first-order valence-corrected chi connectivity index (χ1v) is 13.0. The molecule has 0 saturated heterocycles. The number of alkyl halides is 26. The Morgan fingerprint density at radius 2 is 0.673 bits per heavy atom. The van der Waals surface area contributed by atoms with Gasteiger partial charge in [-0.2, -0.15) is 114 Å². The highest BCUT2D eigenvalue weighted by atomic mass is 19.4. The van der Waals surface area contributed by atoms with Crippen molar-refractivity contribution in [3.05, 3.63) is 0 Å². The lowest BCUT2D eigenvalue weighted by molar-refractivity contribution is -0.440. The molecular weight excluding hydrogens is 870 g/mol. The molecule has 0 amide bonds. The molecule has 33 heteroatoms. The summed E-state index contributed by atoms with van der Waals surface area (Å²) >= 11 is 0. The van der Waals surface area contributed by atoms with Crippen molar-refractivity contribution in [2.75, 3.05) is 6.61 Å². The zero-order chi connectivity index (χ0) is 45.0. The number of carbonyl (C=O) groups excluding carboxylic acids is 2. The average molecular weight is 886 g/mol. The molecule has 4 N–H and O–H groups in total. The maximum absolute atomic E-state index is 13.8. The molecule has 0 heterocycles. The summed E-state index contributed by atoms with van der Waals surface area (Å²) in [5.41, 5.74) is 0. The van der Waals surface area contributed by atoms with Crippen LogP contribution in [0.4, 0.5) is 114 Å². The van der Waals surface area contributed by atoms with Crippen molar-refractivity contribution < 1.29 is 149 Å². The monoisotopic (exact) mass is 886 g/mol. The minimum Gasteiger partial charge on any atom is -0.463 e. The SMILES string of the molecule is O=C(CCC(F)(F)C(F)(F)C(F)(F)C(F)(F)C(F)(F)C(F)(F)F)C(O)C(O)C(O)C(O)C(=O)OCCC(F)(F)C(F)(F)C(F)(F)C(F)(F)C(F)(F)C(F)(F)F. The third-order valence-electron chi connectivity index (χ3n) is 6.91. The maximum atomic E-state index is 13.8. The van der Waals surface area contributed by atoms with Crippen molar-refractivity contribution >= 4 is 11.8 Å². The van der Waals surface area contributed by atoms with Crippen LogP contribution in [0.1, 0.15) is 19.3 Å². The van der Waals surface area contributed by atoms with Crippen LogP contribution in [0.3, 0.4) is 0 Å². The van der Waals surface area contributed by atoms with Gasteiger partial charge in [0.25, 0.3) is 0 Å². The molecule has 4 unspecified atom stereocenters. The van der Waals surface area contributed by atoms with Crippen LogP contribution in [-0.4, -0.2) is 135 Å². The van der Waals surface area contributed by atoms with Crippen LogP contribution in [-0.2, 0) is 14.3 Å². The van der Waals surface area contributed by atoms with E-state index in [0.29, 0.717) is 0 Å². The van der Waals surface area contributed by atoms with Gasteiger partial charge in [-0.15, -0.1) is 0 Å². The van der Waals surface area contributed by atoms with E-state index in [1.165, 1.54) is 0 Å². The summed E-state index contributed by atoms with van der Waals surface area (Å²) in [6.07, 6.45) is -39.3. The number of hydrogen-bond donors (Lipinski definition) is 4. The molecule has 0 fully saturated rings. The molecule has 0 bridgehead atoms. The topological polar surface area (TPSA) is 124 Å². The molecule has 0 aliphatic carbocycles. The fourth-order valence-electron chi connectivity index (χ4n) is 3.41. The van der Waals surface area contributed by atoms with Crippen LogP contribution in [0, 0.1) is 0 Å². The standard InChI is InChI=1S/C22H16F26O7/c23-11(24,13(27,28)15(31,32)17(35,36)19(39,40)21(43,44)45)2-1-5(49)6(50)7(51)8(52)9(53)10(54)55-4-3-12(25,26)14(29,30)16(33,34)18(37,38)20(41,42)22(46,47)48/h6-9,50-53H,1-4H2. The van der Waals surface area contributed by atoms with Gasteiger partial charge in [0.2, 0.25) is 0 Å². The van der Waals surface area contributed by atoms with Crippen LogP contribution in [0.2, 0.25) is 0 Å². The molecule has 0 saturated carbocycles. The summed E-state index contributed by atoms with van der Waals surface area (Å²) < 4.78 is 344. The van der Waals surface area contributed by atoms with Gasteiger partial charge in [0.1, 0.15) is 18.3 Å². The number of esters is 1. The zero-order valence-electron chi connectivity index (χ0n) is 25.0. The summed E-state index contributed by atoms with van der Waals surface area (Å²) in [6.45, 7) is -2.61. The van der Waals surface area contributed by atoms with E-state index in [1.807, 2.05) is 0 Å². The van der Waals surface area contributed by atoms with Crippen molar-refractivity contribution in [3.63, 3.8) is 0 Å². The van der Waals surface area contributed by atoms with Gasteiger partial charge in [0.15, 0.2) is 11.9 Å². The average Bonchev–Trinajstić information content (AvgIpc) is 2.99. The van der Waals surface area contributed by atoms with Gasteiger partial charge in [-0.05, 0) is 0 Å². The lowest BCUT2D eigenvalue weighted by Crippen LogP contribution is -2.70. The highest BCUT2D eigenvalue weighted by Crippen LogP contribution is 2.62. The summed E-state index contributed by atoms with van der Waals surface area (Å²) in [6, 6.07) is 0. The number of aliphatic hydroxyl groups excluding tert-OH is 4. The third kappa shape index (κ3) is 8.56. The van der Waals surface area contributed by atoms with E-state index < -0.39 is 134 Å². The van der Waals surface area contributed by atoms with Crippen molar-refractivity contribution in [1.82, 2.24) is 0 Å². The number of Topliss-reactive ketones (excluding diaryl/α,β-unsaturated/α-hetero) is 1. The summed E-state index contributed by atoms with van der Waals surface area (Å²) in [4.78, 5) is 23.4. The van der Waals surface area contributed by atoms with Crippen LogP contribution >= 0.6 is 0 Å². The molecule has 0 aliphatic heterocycles. The zero-order valence-corrected chi connectivity index (χ0v) is 25.0. The minimum absolute atomic E-state index is 2.61. The van der Waals surface area contributed by atoms with Gasteiger partial charge in [-0.1, -0.05) is 0 Å². The van der Waals surface area contributed by atoms with Crippen molar-refractivity contribution in [1.29, 1.82) is 0 Å². The molecule has 0 aromatic heterocycles. The van der Waals surface area contributed by atoms with Gasteiger partial charge in [-0.25, -0.2) is 4.79 Å². The quantitative estimate of drug-likeness (QED) is 0.0902. The number of halogens is 26. The summed E-state index contributed by atoms with van der Waals surface area (Å²) in [7, 11) is 0. The highest BCUT2D eigenvalue weighted by molar-refractivity contribution is 5.84. The third-order valence-corrected chi connectivity index (χ3v) is 6.91. The molecule has 0 aromatic rings. The number of carbonyl (C=O) groups is 2. The Bertz CT molecular complexity index is 1360. The molecule has 0 rings (SSSR count). The lowest BCUT2D eigenvalue weighted by Gasteiger charge is -2.39. The maximum Gasteiger partial charge on any atom is 0.460 e. The number of rotatable bonds is 19. The lowest BCUT2D eigenvalue weighted by atomic mass is 9.90. The first-order valence-electron chi connectivity index (χ1n) is 13.0. The number of ketones is 1. The Morgan fingerprint density at radius 1 is 0.400 bits per heavy atom. The van der Waals surface area contributed by atoms with E-state index in [4.69, 9.17) is 0 Å². The smallest absolute Gasteiger partial charge is 0.460 e. The highest BCUT2D eigenvalue weighted by Gasteiger charge is 2.92. The van der Waals surface area contributed by atoms with E-state index in [1.54, 1.807) is 0 Å². The van der Waals surface area contributed by atoms with Crippen LogP contribution in [0.15, 0.2) is 0 Å². The molecule has 328 valence electrons. The molecule has 0 radical (unpaired) electrons. The fraction of sp³-hybridized carbons (Fsp3) is 0.909. The van der Waals surface area contributed by atoms with Crippen LogP contribution in [0.25, 0.3) is 0 Å². The largest absolute Gasteiger partial charge is 0.463 e. The van der Waals surface area contributed by atoms with Gasteiger partial charge in [0, 0.05) is 12.8 Å². The molecule has 0 aliphatic rings. The second-order valence-corrected chi connectivity index (χ2v) is 10.8. The molecule has 7 nitrogen and oxygen atoms in total. The predicted octanol–water partition coefficient (Wildman–Crippen LogP) is 6.19. The predicted molar refractivity (Wildman–Crippen MR) is 115 cm³/mol. The van der Waals surface area contributed by atoms with Gasteiger partial charge in [-0.3, -0.25) is 4.79 Å². The van der Waals surface area contributed by atoms with E-state index in [2.05, 4.69) is 4.74 Å². The number of aliphatic hydroxyl groups is 4. The number of hydrogen-bond acceptors (Lipinski definition) is 7. The normalized spacial score (nSPS) is 17.8. The summed E-state index contributed by atoms with van der Waals surface area (Å²) in [5.74, 6) is -84.6. The van der Waals surface area contributed by atoms with E-state index >= 15 is 0 Å². The molecular formula is C22H16F26O7. The minimum atomic E-state index is -8.36. The van der Waals surface area contributed by atoms with E-state index in [0.717, 1.165) is 0 Å². The van der Waals surface area contributed by atoms with Crippen LogP contribution < -0.4 is 0 Å². The second-order valence-electron chi connectivity index (χ2n) is 10.8. The number of ether oxygens (including phenoxy) is 1. The van der Waals surface area contributed by atoms with Gasteiger partial charge < -0.3 is 25.2 Å². The molecule has 4 atom stereocenters. The first kappa shape index (κ1) is 52.2. The van der Waals surface area contributed by atoms with E-state index in [-0.39, 0.29) is 0 Å². The van der Waals surface area contributed by atoms with Gasteiger partial charge >= 0.3 is 77.5 Å². The first-order chi connectivity index (χ1) is 23.7. The Morgan fingerprint density at radius 3 is 0.982 bits per heavy atom. The van der Waals surface area contributed by atoms with Crippen molar-refractivity contribution in [2.45, 2.75) is 115 Å². The Labute approximate surface area is 283 Å². The Balaban J connectivity index is 5.81. The summed E-state index contributed by atoms with van der Waals surface area (Å²) in [5, 5.41) is 38.1. The Kier molecular flexibility index (Phi) is 14.4. The molecule has 0 aromatic carbocycles. The molecule has 55 heavy (non-hydrogen) atoms. The van der Waals surface area contributed by atoms with Gasteiger partial charge in [0.05, 0.1) is 13.0 Å². The Hall–Kier alpha value is -2.84. The van der Waals surface area contributed by atoms with Crippen LogP contribution in [0.5, 0.6) is 0 Å². The molecule has 0 spiro atoms. The fourth-order valence-corrected chi connectivity index (χ4v) is 3.41. The van der Waals surface area contributed by atoms with E-state index in [9.17, 15) is 144 Å². The van der Waals surface area contributed by atoms with Crippen molar-refractivity contribution in [2.24, 2.45) is 0 Å². The van der Waals surface area contributed by atoms with Crippen molar-refractivity contribution in [3.8, 4) is 0 Å². The second kappa shape index (κ2) is 15.2.